The van der Waals surface area contributed by atoms with Gasteiger partial charge in [0.2, 0.25) is 0 Å². The lowest BCUT2D eigenvalue weighted by atomic mass is 10.0. The maximum Gasteiger partial charge on any atom is 0.339 e. The van der Waals surface area contributed by atoms with E-state index in [-0.39, 0.29) is 12.5 Å². The molecular formula is C26H23ClN2O4. The number of rotatable bonds is 4. The summed E-state index contributed by atoms with van der Waals surface area (Å²) >= 11 is 6.01. The Kier molecular flexibility index (Phi) is 6.11. The molecule has 1 saturated heterocycles. The van der Waals surface area contributed by atoms with Gasteiger partial charge in [-0.1, -0.05) is 41.9 Å². The van der Waals surface area contributed by atoms with E-state index < -0.39 is 5.97 Å². The minimum Gasteiger partial charge on any atom is -0.452 e. The molecule has 0 N–H and O–H groups in total. The summed E-state index contributed by atoms with van der Waals surface area (Å²) in [6, 6.07) is 15.2. The quantitative estimate of drug-likeness (QED) is 0.538. The molecule has 5 rings (SSSR count). The van der Waals surface area contributed by atoms with Crippen molar-refractivity contribution in [2.75, 3.05) is 32.9 Å². The second-order valence-electron chi connectivity index (χ2n) is 8.12. The van der Waals surface area contributed by atoms with E-state index in [1.165, 1.54) is 0 Å². The Hall–Kier alpha value is -3.22. The number of allylic oxidation sites excluding steroid dienone is 1. The number of aromatic nitrogens is 1. The second kappa shape index (κ2) is 9.33. The molecule has 0 bridgehead atoms. The first-order chi connectivity index (χ1) is 16.1. The first-order valence-corrected chi connectivity index (χ1v) is 11.4. The number of nitrogens with zero attached hydrogens (tertiary/aromatic N) is 2. The van der Waals surface area contributed by atoms with Gasteiger partial charge in [-0.15, -0.1) is 0 Å². The predicted octanol–water partition coefficient (Wildman–Crippen LogP) is 4.39. The van der Waals surface area contributed by atoms with Crippen LogP contribution in [-0.4, -0.2) is 54.7 Å². The molecule has 0 radical (unpaired) electrons. The molecule has 1 amide bonds. The number of halogens is 1. The average molecular weight is 463 g/mol. The van der Waals surface area contributed by atoms with Gasteiger partial charge in [-0.2, -0.15) is 0 Å². The second-order valence-corrected chi connectivity index (χ2v) is 8.56. The normalized spacial score (nSPS) is 16.8. The van der Waals surface area contributed by atoms with Gasteiger partial charge in [-0.3, -0.25) is 4.79 Å². The van der Waals surface area contributed by atoms with Gasteiger partial charge in [0.15, 0.2) is 6.61 Å². The van der Waals surface area contributed by atoms with Gasteiger partial charge >= 0.3 is 5.97 Å². The number of carbonyl (C=O) groups is 2. The summed E-state index contributed by atoms with van der Waals surface area (Å²) in [7, 11) is 0. The number of hydrogen-bond donors (Lipinski definition) is 0. The van der Waals surface area contributed by atoms with E-state index >= 15 is 0 Å². The molecule has 1 fully saturated rings. The number of hydrogen-bond acceptors (Lipinski definition) is 5. The van der Waals surface area contributed by atoms with Crippen LogP contribution in [0.25, 0.3) is 22.6 Å². The molecule has 0 unspecified atom stereocenters. The summed E-state index contributed by atoms with van der Waals surface area (Å²) in [5.41, 5.74) is 5.01. The van der Waals surface area contributed by atoms with Gasteiger partial charge in [0.25, 0.3) is 5.91 Å². The number of ether oxygens (including phenoxy) is 2. The molecule has 168 valence electrons. The van der Waals surface area contributed by atoms with Gasteiger partial charge in [-0.25, -0.2) is 9.78 Å². The zero-order chi connectivity index (χ0) is 22.8. The number of esters is 1. The highest BCUT2D eigenvalue weighted by atomic mass is 35.5. The molecule has 7 heteroatoms. The maximum atomic E-state index is 13.2. The van der Waals surface area contributed by atoms with Crippen LogP contribution in [0.4, 0.5) is 0 Å². The minimum absolute atomic E-state index is 0.204. The Morgan fingerprint density at radius 1 is 1.06 bits per heavy atom. The maximum absolute atomic E-state index is 13.2. The smallest absolute Gasteiger partial charge is 0.339 e. The SMILES string of the molecule is O=C(OCC(=O)N1CCOCC1)c1c2c(nc3ccccc13)C(=Cc1ccc(Cl)cc1)CC2. The Morgan fingerprint density at radius 3 is 2.61 bits per heavy atom. The van der Waals surface area contributed by atoms with Crippen molar-refractivity contribution in [1.29, 1.82) is 0 Å². The molecule has 0 spiro atoms. The van der Waals surface area contributed by atoms with Crippen molar-refractivity contribution in [3.8, 4) is 0 Å². The third kappa shape index (κ3) is 4.49. The fourth-order valence-electron chi connectivity index (χ4n) is 4.38. The largest absolute Gasteiger partial charge is 0.452 e. The van der Waals surface area contributed by atoms with Crippen LogP contribution >= 0.6 is 11.6 Å². The number of carbonyl (C=O) groups excluding carboxylic acids is 2. The number of amides is 1. The molecule has 0 saturated carbocycles. The molecule has 33 heavy (non-hydrogen) atoms. The van der Waals surface area contributed by atoms with Crippen LogP contribution in [0.15, 0.2) is 48.5 Å². The lowest BCUT2D eigenvalue weighted by Gasteiger charge is -2.26. The van der Waals surface area contributed by atoms with Crippen LogP contribution in [0.3, 0.4) is 0 Å². The van der Waals surface area contributed by atoms with Gasteiger partial charge < -0.3 is 14.4 Å². The highest BCUT2D eigenvalue weighted by Gasteiger charge is 2.28. The Labute approximate surface area is 196 Å². The van der Waals surface area contributed by atoms with Gasteiger partial charge in [-0.05, 0) is 53.8 Å². The fraction of sp³-hybridized carbons (Fsp3) is 0.269. The zero-order valence-corrected chi connectivity index (χ0v) is 18.8. The van der Waals surface area contributed by atoms with E-state index in [9.17, 15) is 9.59 Å². The molecule has 3 aromatic rings. The highest BCUT2D eigenvalue weighted by molar-refractivity contribution is 6.30. The van der Waals surface area contributed by atoms with Crippen molar-refractivity contribution < 1.29 is 19.1 Å². The zero-order valence-electron chi connectivity index (χ0n) is 18.1. The summed E-state index contributed by atoms with van der Waals surface area (Å²) in [5.74, 6) is -0.691. The summed E-state index contributed by atoms with van der Waals surface area (Å²) < 4.78 is 10.8. The van der Waals surface area contributed by atoms with Crippen molar-refractivity contribution >= 4 is 46.0 Å². The molecule has 2 aliphatic rings. The molecule has 1 aliphatic heterocycles. The van der Waals surface area contributed by atoms with Gasteiger partial charge in [0.1, 0.15) is 0 Å². The molecule has 1 aliphatic carbocycles. The van der Waals surface area contributed by atoms with Crippen LogP contribution in [0, 0.1) is 0 Å². The fourth-order valence-corrected chi connectivity index (χ4v) is 4.50. The summed E-state index contributed by atoms with van der Waals surface area (Å²) in [4.78, 5) is 32.2. The van der Waals surface area contributed by atoms with Crippen molar-refractivity contribution in [3.05, 3.63) is 75.9 Å². The highest BCUT2D eigenvalue weighted by Crippen LogP contribution is 2.37. The summed E-state index contributed by atoms with van der Waals surface area (Å²) in [6.45, 7) is 1.76. The van der Waals surface area contributed by atoms with Gasteiger partial charge in [0.05, 0.1) is 30.0 Å². The first kappa shape index (κ1) is 21.6. The number of para-hydroxylation sites is 1. The lowest BCUT2D eigenvalue weighted by molar-refractivity contribution is -0.138. The van der Waals surface area contributed by atoms with Crippen LogP contribution in [0.1, 0.15) is 33.6 Å². The monoisotopic (exact) mass is 462 g/mol. The van der Waals surface area contributed by atoms with E-state index in [2.05, 4.69) is 6.08 Å². The predicted molar refractivity (Wildman–Crippen MR) is 127 cm³/mol. The van der Waals surface area contributed by atoms with E-state index in [1.54, 1.807) is 4.90 Å². The number of pyridine rings is 1. The Morgan fingerprint density at radius 2 is 1.82 bits per heavy atom. The van der Waals surface area contributed by atoms with Crippen molar-refractivity contribution in [2.24, 2.45) is 0 Å². The van der Waals surface area contributed by atoms with E-state index in [0.29, 0.717) is 43.3 Å². The number of benzene rings is 2. The van der Waals surface area contributed by atoms with Crippen LogP contribution in [0.5, 0.6) is 0 Å². The Bertz CT molecular complexity index is 1250. The van der Waals surface area contributed by atoms with Crippen molar-refractivity contribution in [2.45, 2.75) is 12.8 Å². The first-order valence-electron chi connectivity index (χ1n) is 11.0. The summed E-state index contributed by atoms with van der Waals surface area (Å²) in [6.07, 6.45) is 3.55. The minimum atomic E-state index is -0.487. The Balaban J connectivity index is 1.46. The lowest BCUT2D eigenvalue weighted by Crippen LogP contribution is -2.42. The van der Waals surface area contributed by atoms with Crippen molar-refractivity contribution in [1.82, 2.24) is 9.88 Å². The van der Waals surface area contributed by atoms with Crippen molar-refractivity contribution in [3.63, 3.8) is 0 Å². The van der Waals surface area contributed by atoms with Gasteiger partial charge in [0, 0.05) is 23.5 Å². The average Bonchev–Trinajstić information content (AvgIpc) is 3.24. The van der Waals surface area contributed by atoms with E-state index in [1.807, 2.05) is 48.5 Å². The van der Waals surface area contributed by atoms with E-state index in [4.69, 9.17) is 26.1 Å². The molecule has 2 heterocycles. The van der Waals surface area contributed by atoms with E-state index in [0.717, 1.165) is 39.7 Å². The van der Waals surface area contributed by atoms with Crippen LogP contribution < -0.4 is 0 Å². The van der Waals surface area contributed by atoms with Crippen LogP contribution in [-0.2, 0) is 20.7 Å². The standard InChI is InChI=1S/C26H23ClN2O4/c27-19-8-5-17(6-9-19)15-18-7-10-21-24(20-3-1-2-4-22(20)28-25(18)21)26(31)33-16-23(30)29-11-13-32-14-12-29/h1-6,8-9,15H,7,10-14,16H2. The molecule has 2 aromatic carbocycles. The molecule has 6 nitrogen and oxygen atoms in total. The number of fused-ring (bicyclic) bond motifs is 2. The molecular weight excluding hydrogens is 440 g/mol. The summed E-state index contributed by atoms with van der Waals surface area (Å²) in [5, 5.41) is 1.43. The topological polar surface area (TPSA) is 68.7 Å². The molecule has 0 atom stereocenters. The third-order valence-electron chi connectivity index (χ3n) is 6.05. The third-order valence-corrected chi connectivity index (χ3v) is 6.30. The molecule has 1 aromatic heterocycles. The van der Waals surface area contributed by atoms with Crippen LogP contribution in [0.2, 0.25) is 5.02 Å². The number of morpholine rings is 1.